The normalized spacial score (nSPS) is 10.8. The predicted octanol–water partition coefficient (Wildman–Crippen LogP) is 5.03. The lowest BCUT2D eigenvalue weighted by molar-refractivity contribution is 0.617. The molecule has 0 fully saturated rings. The molecule has 0 radical (unpaired) electrons. The van der Waals surface area contributed by atoms with Crippen LogP contribution in [0.15, 0.2) is 24.3 Å². The van der Waals surface area contributed by atoms with E-state index >= 15 is 0 Å². The first kappa shape index (κ1) is 12.8. The summed E-state index contributed by atoms with van der Waals surface area (Å²) in [6.07, 6.45) is 0. The molecule has 0 saturated heterocycles. The first-order valence-corrected chi connectivity index (χ1v) is 6.25. The summed E-state index contributed by atoms with van der Waals surface area (Å²) >= 11 is 0. The molecule has 94 valence electrons. The Morgan fingerprint density at radius 1 is 0.722 bits per heavy atom. The molecule has 2 aromatic rings. The van der Waals surface area contributed by atoms with Crippen LogP contribution in [0.1, 0.15) is 27.8 Å². The van der Waals surface area contributed by atoms with Gasteiger partial charge in [0.05, 0.1) is 0 Å². The van der Waals surface area contributed by atoms with E-state index in [1.165, 1.54) is 16.7 Å². The number of rotatable bonds is 1. The lowest BCUT2D eigenvalue weighted by Crippen LogP contribution is -1.94. The Balaban J connectivity index is 2.70. The van der Waals surface area contributed by atoms with Crippen molar-refractivity contribution in [2.45, 2.75) is 34.6 Å². The summed E-state index contributed by atoms with van der Waals surface area (Å²) < 4.78 is 13.9. The molecule has 0 heterocycles. The van der Waals surface area contributed by atoms with Crippen LogP contribution in [0.5, 0.6) is 0 Å². The molecule has 0 bridgehead atoms. The molecule has 1 heteroatoms. The summed E-state index contributed by atoms with van der Waals surface area (Å²) in [5.41, 5.74) is 7.53. The Kier molecular flexibility index (Phi) is 3.25. The highest BCUT2D eigenvalue weighted by Crippen LogP contribution is 2.30. The van der Waals surface area contributed by atoms with Gasteiger partial charge in [-0.1, -0.05) is 23.8 Å². The molecular formula is C17H19F. The molecule has 0 aromatic heterocycles. The smallest absolute Gasteiger partial charge is 0.126 e. The van der Waals surface area contributed by atoms with Crippen molar-refractivity contribution in [3.8, 4) is 11.1 Å². The van der Waals surface area contributed by atoms with Crippen LogP contribution in [0.4, 0.5) is 4.39 Å². The minimum absolute atomic E-state index is 0.121. The monoisotopic (exact) mass is 242 g/mol. The van der Waals surface area contributed by atoms with Gasteiger partial charge < -0.3 is 0 Å². The van der Waals surface area contributed by atoms with E-state index in [0.29, 0.717) is 0 Å². The van der Waals surface area contributed by atoms with Crippen LogP contribution in [-0.2, 0) is 0 Å². The minimum Gasteiger partial charge on any atom is -0.207 e. The molecule has 0 spiro atoms. The van der Waals surface area contributed by atoms with Crippen LogP contribution in [0.3, 0.4) is 0 Å². The van der Waals surface area contributed by atoms with Crippen molar-refractivity contribution < 1.29 is 4.39 Å². The Morgan fingerprint density at radius 2 is 1.28 bits per heavy atom. The average Bonchev–Trinajstić information content (AvgIpc) is 2.24. The fraction of sp³-hybridized carbons (Fsp3) is 0.294. The number of benzene rings is 2. The lowest BCUT2D eigenvalue weighted by atomic mass is 9.92. The zero-order valence-electron chi connectivity index (χ0n) is 11.7. The van der Waals surface area contributed by atoms with Crippen LogP contribution < -0.4 is 0 Å². The fourth-order valence-electron chi connectivity index (χ4n) is 2.60. The maximum Gasteiger partial charge on any atom is 0.126 e. The van der Waals surface area contributed by atoms with E-state index in [1.807, 2.05) is 13.8 Å². The van der Waals surface area contributed by atoms with Crippen LogP contribution in [0.25, 0.3) is 11.1 Å². The summed E-state index contributed by atoms with van der Waals surface area (Å²) in [5, 5.41) is 0. The molecule has 0 saturated carbocycles. The van der Waals surface area contributed by atoms with E-state index in [-0.39, 0.29) is 5.82 Å². The largest absolute Gasteiger partial charge is 0.207 e. The van der Waals surface area contributed by atoms with Gasteiger partial charge in [0.25, 0.3) is 0 Å². The SMILES string of the molecule is Cc1cc(C)c(-c2cc(C)c(C)c(F)c2)c(C)c1. The van der Waals surface area contributed by atoms with E-state index in [9.17, 15) is 4.39 Å². The van der Waals surface area contributed by atoms with Crippen molar-refractivity contribution >= 4 is 0 Å². The number of hydrogen-bond donors (Lipinski definition) is 0. The Morgan fingerprint density at radius 3 is 1.78 bits per heavy atom. The molecule has 0 atom stereocenters. The van der Waals surface area contributed by atoms with Gasteiger partial charge in [0, 0.05) is 0 Å². The second-order valence-corrected chi connectivity index (χ2v) is 5.17. The molecule has 0 unspecified atom stereocenters. The third kappa shape index (κ3) is 2.17. The summed E-state index contributed by atoms with van der Waals surface area (Å²) in [6, 6.07) is 8.01. The molecular weight excluding hydrogens is 223 g/mol. The highest BCUT2D eigenvalue weighted by atomic mass is 19.1. The zero-order valence-corrected chi connectivity index (χ0v) is 11.7. The summed E-state index contributed by atoms with van der Waals surface area (Å²) in [5.74, 6) is -0.121. The second kappa shape index (κ2) is 4.56. The Bertz CT molecular complexity index is 563. The third-order valence-electron chi connectivity index (χ3n) is 3.57. The maximum absolute atomic E-state index is 13.9. The highest BCUT2D eigenvalue weighted by molar-refractivity contribution is 5.72. The zero-order chi connectivity index (χ0) is 13.4. The van der Waals surface area contributed by atoms with Crippen LogP contribution in [-0.4, -0.2) is 0 Å². The van der Waals surface area contributed by atoms with Gasteiger partial charge in [-0.05, 0) is 74.1 Å². The quantitative estimate of drug-likeness (QED) is 0.657. The van der Waals surface area contributed by atoms with Crippen molar-refractivity contribution in [2.75, 3.05) is 0 Å². The molecule has 0 N–H and O–H groups in total. The van der Waals surface area contributed by atoms with Gasteiger partial charge in [-0.15, -0.1) is 0 Å². The van der Waals surface area contributed by atoms with Gasteiger partial charge in [0.2, 0.25) is 0 Å². The topological polar surface area (TPSA) is 0 Å². The standard InChI is InChI=1S/C17H19F/c1-10-6-12(3)17(13(4)7-10)15-8-11(2)14(5)16(18)9-15/h6-9H,1-5H3. The third-order valence-corrected chi connectivity index (χ3v) is 3.57. The predicted molar refractivity (Wildman–Crippen MR) is 75.5 cm³/mol. The van der Waals surface area contributed by atoms with E-state index in [1.54, 1.807) is 6.07 Å². The highest BCUT2D eigenvalue weighted by Gasteiger charge is 2.10. The first-order valence-electron chi connectivity index (χ1n) is 6.25. The van der Waals surface area contributed by atoms with Gasteiger partial charge >= 0.3 is 0 Å². The van der Waals surface area contributed by atoms with Gasteiger partial charge in [-0.2, -0.15) is 0 Å². The van der Waals surface area contributed by atoms with E-state index in [2.05, 4.69) is 39.0 Å². The average molecular weight is 242 g/mol. The summed E-state index contributed by atoms with van der Waals surface area (Å²) in [7, 11) is 0. The molecule has 2 rings (SSSR count). The van der Waals surface area contributed by atoms with Crippen LogP contribution in [0.2, 0.25) is 0 Å². The van der Waals surface area contributed by atoms with Crippen molar-refractivity contribution in [2.24, 2.45) is 0 Å². The van der Waals surface area contributed by atoms with Crippen LogP contribution in [0, 0.1) is 40.4 Å². The molecule has 0 nitrogen and oxygen atoms in total. The van der Waals surface area contributed by atoms with E-state index in [0.717, 1.165) is 22.3 Å². The molecule has 0 amide bonds. The number of hydrogen-bond acceptors (Lipinski definition) is 0. The lowest BCUT2D eigenvalue weighted by Gasteiger charge is -2.13. The Hall–Kier alpha value is -1.63. The molecule has 0 aliphatic heterocycles. The number of aryl methyl sites for hydroxylation is 4. The van der Waals surface area contributed by atoms with E-state index in [4.69, 9.17) is 0 Å². The molecule has 18 heavy (non-hydrogen) atoms. The van der Waals surface area contributed by atoms with Gasteiger partial charge in [-0.3, -0.25) is 0 Å². The van der Waals surface area contributed by atoms with Gasteiger partial charge in [-0.25, -0.2) is 4.39 Å². The van der Waals surface area contributed by atoms with Crippen molar-refractivity contribution in [3.05, 3.63) is 57.9 Å². The molecule has 0 aliphatic rings. The van der Waals surface area contributed by atoms with Crippen molar-refractivity contribution in [1.82, 2.24) is 0 Å². The summed E-state index contributed by atoms with van der Waals surface area (Å²) in [4.78, 5) is 0. The minimum atomic E-state index is -0.121. The van der Waals surface area contributed by atoms with Gasteiger partial charge in [0.1, 0.15) is 5.82 Å². The van der Waals surface area contributed by atoms with Crippen LogP contribution >= 0.6 is 0 Å². The molecule has 0 aliphatic carbocycles. The van der Waals surface area contributed by atoms with Crippen molar-refractivity contribution in [3.63, 3.8) is 0 Å². The van der Waals surface area contributed by atoms with Gasteiger partial charge in [0.15, 0.2) is 0 Å². The first-order chi connectivity index (χ1) is 8.40. The number of halogens is 1. The Labute approximate surface area is 108 Å². The molecule has 2 aromatic carbocycles. The van der Waals surface area contributed by atoms with E-state index < -0.39 is 0 Å². The van der Waals surface area contributed by atoms with Crippen molar-refractivity contribution in [1.29, 1.82) is 0 Å². The fourth-order valence-corrected chi connectivity index (χ4v) is 2.60. The maximum atomic E-state index is 13.9. The summed E-state index contributed by atoms with van der Waals surface area (Å²) in [6.45, 7) is 10.0. The second-order valence-electron chi connectivity index (χ2n) is 5.17.